The molecule has 0 aromatic rings. The molecular weight excluding hydrogens is 825 g/mol. The molecule has 6 amide bonds. The van der Waals surface area contributed by atoms with Crippen LogP contribution in [0.2, 0.25) is 0 Å². The molecule has 0 aromatic heterocycles. The maximum absolute atomic E-state index is 11.6. The van der Waals surface area contributed by atoms with Gasteiger partial charge >= 0.3 is 5.97 Å². The van der Waals surface area contributed by atoms with Crippen molar-refractivity contribution in [2.24, 2.45) is 23.5 Å². The van der Waals surface area contributed by atoms with Gasteiger partial charge in [-0.3, -0.25) is 53.0 Å². The van der Waals surface area contributed by atoms with E-state index >= 15 is 0 Å². The Morgan fingerprint density at radius 3 is 1.21 bits per heavy atom. The number of carboxylic acids is 1. The monoisotopic (exact) mass is 889 g/mol. The largest absolute Gasteiger partial charge is 0.481 e. The van der Waals surface area contributed by atoms with E-state index in [0.717, 1.165) is 75.4 Å². The fourth-order valence-electron chi connectivity index (χ4n) is 4.64. The number of Topliss-reactive ketones (excluding diaryl/α,β-unsaturated/α-hetero) is 2. The molecule has 0 unspecified atom stereocenters. The van der Waals surface area contributed by atoms with Gasteiger partial charge in [-0.25, -0.2) is 0 Å². The van der Waals surface area contributed by atoms with Crippen molar-refractivity contribution < 1.29 is 48.3 Å². The summed E-state index contributed by atoms with van der Waals surface area (Å²) in [6.07, 6.45) is 12.6. The molecule has 0 bridgehead atoms. The van der Waals surface area contributed by atoms with Gasteiger partial charge in [-0.1, -0.05) is 53.9 Å². The first-order chi connectivity index (χ1) is 27.4. The number of hydrogen-bond donors (Lipinski definition) is 4. The van der Waals surface area contributed by atoms with Crippen LogP contribution in [0, 0.1) is 17.8 Å². The molecule has 0 saturated carbocycles. The first kappa shape index (κ1) is 58.8. The third kappa shape index (κ3) is 31.5. The second-order valence-corrected chi connectivity index (χ2v) is 17.5. The van der Waals surface area contributed by atoms with Crippen LogP contribution in [-0.2, 0) is 66.8 Å². The highest BCUT2D eigenvalue weighted by Gasteiger charge is 2.24. The Hall–Kier alpha value is -3.49. The van der Waals surface area contributed by atoms with Crippen LogP contribution in [0.5, 0.6) is 0 Å². The predicted molar refractivity (Wildman–Crippen MR) is 234 cm³/mol. The van der Waals surface area contributed by atoms with Crippen LogP contribution in [0.4, 0.5) is 0 Å². The van der Waals surface area contributed by atoms with Gasteiger partial charge in [-0.2, -0.15) is 0 Å². The van der Waals surface area contributed by atoms with Crippen LogP contribution >= 0.6 is 14.1 Å². The van der Waals surface area contributed by atoms with Gasteiger partial charge in [0.2, 0.25) is 11.8 Å². The topological polar surface area (TPSA) is 230 Å². The summed E-state index contributed by atoms with van der Waals surface area (Å²) in [4.78, 5) is 103. The lowest BCUT2D eigenvalue weighted by Crippen LogP contribution is -2.34. The zero-order valence-corrected chi connectivity index (χ0v) is 38.6. The lowest BCUT2D eigenvalue weighted by Gasteiger charge is -2.13. The van der Waals surface area contributed by atoms with E-state index in [1.165, 1.54) is 24.3 Å². The summed E-state index contributed by atoms with van der Waals surface area (Å²) >= 11 is 8.82. The smallest absolute Gasteiger partial charge is 0.306 e. The van der Waals surface area contributed by atoms with E-state index in [4.69, 9.17) is 10.8 Å². The second kappa shape index (κ2) is 37.8. The summed E-state index contributed by atoms with van der Waals surface area (Å²) in [5.41, 5.74) is 5.31. The number of aliphatic carboxylic acids is 1. The molecule has 0 fully saturated rings. The van der Waals surface area contributed by atoms with Crippen molar-refractivity contribution in [1.29, 1.82) is 0 Å². The first-order valence-electron chi connectivity index (χ1n) is 19.6. The van der Waals surface area contributed by atoms with Gasteiger partial charge < -0.3 is 21.5 Å². The summed E-state index contributed by atoms with van der Waals surface area (Å²) in [5, 5.41) is 14.1. The lowest BCUT2D eigenvalue weighted by atomic mass is 10.0. The van der Waals surface area contributed by atoms with E-state index in [1.54, 1.807) is 20.8 Å². The Bertz CT molecular complexity index is 1290. The van der Waals surface area contributed by atoms with E-state index < -0.39 is 17.8 Å². The van der Waals surface area contributed by atoms with Crippen LogP contribution in [0.3, 0.4) is 0 Å². The summed E-state index contributed by atoms with van der Waals surface area (Å²) in [7, 11) is 1.74. The number of rotatable bonds is 24. The Morgan fingerprint density at radius 2 is 0.931 bits per heavy atom. The molecule has 0 saturated heterocycles. The number of imide groups is 2. The van der Waals surface area contributed by atoms with E-state index in [0.29, 0.717) is 25.9 Å². The van der Waals surface area contributed by atoms with Crippen LogP contribution < -0.4 is 16.4 Å². The number of carbonyl (C=O) groups excluding carboxylic acids is 8. The Morgan fingerprint density at radius 1 is 0.621 bits per heavy atom. The van der Waals surface area contributed by atoms with Crippen molar-refractivity contribution >= 4 is 90.7 Å². The zero-order valence-electron chi connectivity index (χ0n) is 35.2. The summed E-state index contributed by atoms with van der Waals surface area (Å²) < 4.78 is 0. The third-order valence-corrected chi connectivity index (χ3v) is 11.3. The Labute approximate surface area is 357 Å². The van der Waals surface area contributed by atoms with Crippen LogP contribution in [0.25, 0.3) is 0 Å². The fraction of sp³-hybridized carbons (Fsp3) is 0.667. The SMILES string of the molecule is CC.CC(=O)[C@@H](C)CCCCN.CC(=O)[C@@H](C)CCCCNC(=O)CCN1C(=O)C=CC1=O.C[C@@H](CCCCNC(=O)CCN1C(=O)C=CC1=O)C(=O)O.S=PP=S. The highest BCUT2D eigenvalue weighted by molar-refractivity contribution is 8.40. The Kier molecular flexibility index (Phi) is 38.3. The number of hydrogen-bond acceptors (Lipinski definition) is 12. The van der Waals surface area contributed by atoms with Crippen molar-refractivity contribution in [2.75, 3.05) is 32.7 Å². The van der Waals surface area contributed by atoms with Crippen molar-refractivity contribution in [2.45, 2.75) is 119 Å². The molecule has 2 aliphatic rings. The molecular formula is C39H65N5O10P2S2. The molecule has 0 aromatic carbocycles. The summed E-state index contributed by atoms with van der Waals surface area (Å²) in [6, 6.07) is 0. The molecule has 5 N–H and O–H groups in total. The number of nitrogens with zero attached hydrogens (tertiary/aromatic N) is 2. The molecule has 328 valence electrons. The predicted octanol–water partition coefficient (Wildman–Crippen LogP) is 5.21. The molecule has 3 atom stereocenters. The van der Waals surface area contributed by atoms with E-state index in [1.807, 2.05) is 27.7 Å². The zero-order chi connectivity index (χ0) is 45.1. The van der Waals surface area contributed by atoms with E-state index in [-0.39, 0.29) is 78.9 Å². The van der Waals surface area contributed by atoms with Crippen LogP contribution in [0.1, 0.15) is 119 Å². The average Bonchev–Trinajstić information content (AvgIpc) is 3.70. The van der Waals surface area contributed by atoms with Gasteiger partial charge in [-0.05, 0) is 82.5 Å². The standard InChI is InChI=1S/C15H22N2O4.C14H20N2O5.C8H17NO.C2H6.P2S2/c1-11(12(2)18)5-3-4-9-16-13(19)8-10-17-14(20)6-7-15(17)21;1-10(14(20)21)4-2-3-8-15-11(17)7-9-16-12(18)5-6-13(16)19;1-7(8(2)10)5-3-4-6-9;1-2;3-1-2-4/h6-7,11H,3-5,8-10H2,1-2H3,(H,16,19);5-6,10H,2-4,7-9H2,1H3,(H,15,17)(H,20,21);7H,3-6,9H2,1-2H3;1-2H3;/t11-;10-;7-;;/m000../s1. The molecule has 2 rings (SSSR count). The first-order valence-corrected chi connectivity index (χ1v) is 24.1. The van der Waals surface area contributed by atoms with Gasteiger partial charge in [0.05, 0.1) is 5.92 Å². The quantitative estimate of drug-likeness (QED) is 0.0555. The summed E-state index contributed by atoms with van der Waals surface area (Å²) in [5.74, 6) is -2.34. The van der Waals surface area contributed by atoms with Crippen molar-refractivity contribution in [3.63, 3.8) is 0 Å². The molecule has 2 heterocycles. The van der Waals surface area contributed by atoms with Gasteiger partial charge in [0.15, 0.2) is 0 Å². The highest BCUT2D eigenvalue weighted by atomic mass is 32.7. The molecule has 0 radical (unpaired) electrons. The molecule has 15 nitrogen and oxygen atoms in total. The molecule has 0 aliphatic carbocycles. The maximum Gasteiger partial charge on any atom is 0.306 e. The van der Waals surface area contributed by atoms with Gasteiger partial charge in [0, 0.05) is 89.2 Å². The van der Waals surface area contributed by atoms with Crippen molar-refractivity contribution in [3.8, 4) is 0 Å². The van der Waals surface area contributed by atoms with Crippen LogP contribution in [-0.4, -0.2) is 101 Å². The van der Waals surface area contributed by atoms with Crippen LogP contribution in [0.15, 0.2) is 24.3 Å². The lowest BCUT2D eigenvalue weighted by molar-refractivity contribution is -0.142. The number of nitrogens with one attached hydrogen (secondary N) is 2. The average molecular weight is 890 g/mol. The summed E-state index contributed by atoms with van der Waals surface area (Å²) in [6.45, 7) is 14.7. The molecule has 19 heteroatoms. The third-order valence-electron chi connectivity index (χ3n) is 8.63. The number of carboxylic acid groups (broad SMARTS) is 1. The van der Waals surface area contributed by atoms with Crippen molar-refractivity contribution in [3.05, 3.63) is 24.3 Å². The molecule has 58 heavy (non-hydrogen) atoms. The number of ketones is 2. The fourth-order valence-corrected chi connectivity index (χ4v) is 4.64. The highest BCUT2D eigenvalue weighted by Crippen LogP contribution is 2.11. The number of amides is 6. The normalized spacial score (nSPS) is 14.1. The van der Waals surface area contributed by atoms with Gasteiger partial charge in [0.1, 0.15) is 11.6 Å². The minimum absolute atomic E-state index is 0.0698. The van der Waals surface area contributed by atoms with E-state index in [9.17, 15) is 43.2 Å². The van der Waals surface area contributed by atoms with E-state index in [2.05, 4.69) is 34.2 Å². The van der Waals surface area contributed by atoms with Gasteiger partial charge in [0.25, 0.3) is 23.6 Å². The molecule has 2 aliphatic heterocycles. The minimum Gasteiger partial charge on any atom is -0.481 e. The number of carbonyl (C=O) groups is 9. The van der Waals surface area contributed by atoms with Gasteiger partial charge in [-0.15, -0.1) is 0 Å². The second-order valence-electron chi connectivity index (χ2n) is 13.2. The number of nitrogens with two attached hydrogens (primary N) is 1. The number of unbranched alkanes of at least 4 members (excludes halogenated alkanes) is 3. The maximum atomic E-state index is 11.6. The minimum atomic E-state index is -0.812. The Balaban J connectivity index is -0.000000768. The molecule has 0 spiro atoms. The van der Waals surface area contributed by atoms with Crippen molar-refractivity contribution in [1.82, 2.24) is 20.4 Å².